The molecule has 0 atom stereocenters. The maximum atomic E-state index is 11.8. The predicted molar refractivity (Wildman–Crippen MR) is 75.4 cm³/mol. The van der Waals surface area contributed by atoms with Crippen LogP contribution in [0.5, 0.6) is 0 Å². The molecule has 0 radical (unpaired) electrons. The summed E-state index contributed by atoms with van der Waals surface area (Å²) in [5, 5.41) is 17.7. The second-order valence-electron chi connectivity index (χ2n) is 5.32. The lowest BCUT2D eigenvalue weighted by molar-refractivity contribution is -0.386. The number of aromatic nitrogens is 2. The van der Waals surface area contributed by atoms with Crippen LogP contribution in [0, 0.1) is 29.9 Å². The highest BCUT2D eigenvalue weighted by Crippen LogP contribution is 2.21. The van der Waals surface area contributed by atoms with E-state index in [0.29, 0.717) is 23.9 Å². The highest BCUT2D eigenvalue weighted by molar-refractivity contribution is 5.75. The minimum atomic E-state index is -0.464. The summed E-state index contributed by atoms with van der Waals surface area (Å²) in [6, 6.07) is 0. The number of hydrogen-bond donors (Lipinski definition) is 1. The molecule has 1 rings (SSSR count). The molecule has 112 valence electrons. The maximum absolute atomic E-state index is 11.8. The minimum Gasteiger partial charge on any atom is -0.354 e. The first-order valence-electron chi connectivity index (χ1n) is 6.78. The topological polar surface area (TPSA) is 90.1 Å². The molecule has 7 nitrogen and oxygen atoms in total. The second kappa shape index (κ2) is 7.02. The quantitative estimate of drug-likeness (QED) is 0.470. The Morgan fingerprint density at radius 2 is 2.10 bits per heavy atom. The Hall–Kier alpha value is -1.92. The van der Waals surface area contributed by atoms with Crippen LogP contribution in [0.4, 0.5) is 5.69 Å². The molecular weight excluding hydrogens is 260 g/mol. The van der Waals surface area contributed by atoms with E-state index >= 15 is 0 Å². The Morgan fingerprint density at radius 3 is 2.60 bits per heavy atom. The van der Waals surface area contributed by atoms with Crippen LogP contribution in [0.2, 0.25) is 0 Å². The van der Waals surface area contributed by atoms with E-state index in [1.165, 1.54) is 4.68 Å². The third-order valence-corrected chi connectivity index (χ3v) is 3.10. The standard InChI is InChI=1S/C13H22N4O3/c1-9(2)6-5-7-14-12(18)8-16-11(4)13(17(19)20)10(3)15-16/h9H,5-8H2,1-4H3,(H,14,18). The molecule has 1 aromatic rings. The van der Waals surface area contributed by atoms with Gasteiger partial charge in [-0.15, -0.1) is 0 Å². The minimum absolute atomic E-state index is 0.0161. The Balaban J connectivity index is 2.54. The van der Waals surface area contributed by atoms with Crippen molar-refractivity contribution in [3.05, 3.63) is 21.5 Å². The molecule has 0 spiro atoms. The highest BCUT2D eigenvalue weighted by atomic mass is 16.6. The summed E-state index contributed by atoms with van der Waals surface area (Å²) < 4.78 is 1.38. The zero-order chi connectivity index (χ0) is 15.3. The summed E-state index contributed by atoms with van der Waals surface area (Å²) in [5.41, 5.74) is 0.725. The smallest absolute Gasteiger partial charge is 0.312 e. The van der Waals surface area contributed by atoms with Crippen molar-refractivity contribution < 1.29 is 9.72 Å². The van der Waals surface area contributed by atoms with Gasteiger partial charge in [0.2, 0.25) is 5.91 Å². The van der Waals surface area contributed by atoms with Crippen molar-refractivity contribution in [2.75, 3.05) is 6.54 Å². The van der Waals surface area contributed by atoms with Gasteiger partial charge in [-0.05, 0) is 32.6 Å². The molecule has 0 aliphatic heterocycles. The summed E-state index contributed by atoms with van der Waals surface area (Å²) >= 11 is 0. The number of rotatable bonds is 7. The largest absolute Gasteiger partial charge is 0.354 e. The summed E-state index contributed by atoms with van der Waals surface area (Å²) in [6.45, 7) is 8.08. The van der Waals surface area contributed by atoms with Gasteiger partial charge in [-0.25, -0.2) is 0 Å². The molecule has 1 aromatic heterocycles. The van der Waals surface area contributed by atoms with Crippen LogP contribution in [-0.4, -0.2) is 27.2 Å². The molecule has 0 fully saturated rings. The van der Waals surface area contributed by atoms with Gasteiger partial charge in [-0.3, -0.25) is 19.6 Å². The molecule has 1 N–H and O–H groups in total. The number of aryl methyl sites for hydroxylation is 1. The monoisotopic (exact) mass is 282 g/mol. The van der Waals surface area contributed by atoms with Crippen LogP contribution in [0.1, 0.15) is 38.1 Å². The predicted octanol–water partition coefficient (Wildman–Crippen LogP) is 1.96. The van der Waals surface area contributed by atoms with Gasteiger partial charge < -0.3 is 5.32 Å². The number of nitrogens with one attached hydrogen (secondary N) is 1. The summed E-state index contributed by atoms with van der Waals surface area (Å²) in [5.74, 6) is 0.444. The average Bonchev–Trinajstić information content (AvgIpc) is 2.59. The molecule has 1 amide bonds. The van der Waals surface area contributed by atoms with Crippen molar-refractivity contribution in [1.29, 1.82) is 0 Å². The highest BCUT2D eigenvalue weighted by Gasteiger charge is 2.22. The first-order chi connectivity index (χ1) is 9.32. The van der Waals surface area contributed by atoms with Gasteiger partial charge in [0.05, 0.1) is 4.92 Å². The zero-order valence-corrected chi connectivity index (χ0v) is 12.5. The number of nitrogens with zero attached hydrogens (tertiary/aromatic N) is 3. The van der Waals surface area contributed by atoms with Crippen LogP contribution in [0.25, 0.3) is 0 Å². The first-order valence-corrected chi connectivity index (χ1v) is 6.78. The lowest BCUT2D eigenvalue weighted by Crippen LogP contribution is -2.29. The molecule has 7 heteroatoms. The molecule has 0 aromatic carbocycles. The van der Waals surface area contributed by atoms with Crippen molar-refractivity contribution in [1.82, 2.24) is 15.1 Å². The molecule has 0 saturated heterocycles. The number of carbonyl (C=O) groups is 1. The molecular formula is C13H22N4O3. The summed E-state index contributed by atoms with van der Waals surface area (Å²) in [6.07, 6.45) is 1.99. The Morgan fingerprint density at radius 1 is 1.45 bits per heavy atom. The van der Waals surface area contributed by atoms with Crippen LogP contribution in [-0.2, 0) is 11.3 Å². The van der Waals surface area contributed by atoms with E-state index in [4.69, 9.17) is 0 Å². The van der Waals surface area contributed by atoms with Crippen LogP contribution >= 0.6 is 0 Å². The normalized spacial score (nSPS) is 10.8. The Bertz CT molecular complexity index is 494. The molecule has 0 saturated carbocycles. The van der Waals surface area contributed by atoms with E-state index in [9.17, 15) is 14.9 Å². The maximum Gasteiger partial charge on any atom is 0.312 e. The van der Waals surface area contributed by atoms with Gasteiger partial charge >= 0.3 is 5.69 Å². The van der Waals surface area contributed by atoms with Crippen LogP contribution in [0.15, 0.2) is 0 Å². The van der Waals surface area contributed by atoms with Crippen molar-refractivity contribution in [3.63, 3.8) is 0 Å². The van der Waals surface area contributed by atoms with E-state index in [1.54, 1.807) is 13.8 Å². The van der Waals surface area contributed by atoms with Gasteiger partial charge in [0, 0.05) is 6.54 Å². The lowest BCUT2D eigenvalue weighted by Gasteiger charge is -2.07. The summed E-state index contributed by atoms with van der Waals surface area (Å²) in [7, 11) is 0. The van der Waals surface area contributed by atoms with E-state index in [-0.39, 0.29) is 18.1 Å². The lowest BCUT2D eigenvalue weighted by atomic mass is 10.1. The van der Waals surface area contributed by atoms with Crippen molar-refractivity contribution >= 4 is 11.6 Å². The molecule has 0 aliphatic rings. The molecule has 20 heavy (non-hydrogen) atoms. The SMILES string of the molecule is Cc1nn(CC(=O)NCCCC(C)C)c(C)c1[N+](=O)[O-]. The van der Waals surface area contributed by atoms with E-state index < -0.39 is 4.92 Å². The third kappa shape index (κ3) is 4.32. The van der Waals surface area contributed by atoms with E-state index in [1.807, 2.05) is 0 Å². The Kier molecular flexibility index (Phi) is 5.66. The Labute approximate surface area is 118 Å². The number of nitro groups is 1. The number of carbonyl (C=O) groups excluding carboxylic acids is 1. The van der Waals surface area contributed by atoms with Gasteiger partial charge in [0.15, 0.2) is 0 Å². The molecule has 1 heterocycles. The van der Waals surface area contributed by atoms with E-state index in [2.05, 4.69) is 24.3 Å². The average molecular weight is 282 g/mol. The fourth-order valence-corrected chi connectivity index (χ4v) is 2.04. The fourth-order valence-electron chi connectivity index (χ4n) is 2.04. The van der Waals surface area contributed by atoms with Crippen molar-refractivity contribution in [2.45, 2.75) is 47.1 Å². The molecule has 0 bridgehead atoms. The van der Waals surface area contributed by atoms with Gasteiger partial charge in [-0.1, -0.05) is 13.8 Å². The molecule has 0 aliphatic carbocycles. The van der Waals surface area contributed by atoms with Gasteiger partial charge in [0.25, 0.3) is 0 Å². The second-order valence-corrected chi connectivity index (χ2v) is 5.32. The number of hydrogen-bond acceptors (Lipinski definition) is 4. The van der Waals surface area contributed by atoms with Gasteiger partial charge in [0.1, 0.15) is 17.9 Å². The van der Waals surface area contributed by atoms with Crippen LogP contribution in [0.3, 0.4) is 0 Å². The van der Waals surface area contributed by atoms with Gasteiger partial charge in [-0.2, -0.15) is 5.10 Å². The number of amides is 1. The first kappa shape index (κ1) is 16.1. The van der Waals surface area contributed by atoms with Crippen LogP contribution < -0.4 is 5.32 Å². The zero-order valence-electron chi connectivity index (χ0n) is 12.5. The fraction of sp³-hybridized carbons (Fsp3) is 0.692. The third-order valence-electron chi connectivity index (χ3n) is 3.10. The molecule has 0 unspecified atom stereocenters. The van der Waals surface area contributed by atoms with E-state index in [0.717, 1.165) is 12.8 Å². The van der Waals surface area contributed by atoms with Crippen molar-refractivity contribution in [2.24, 2.45) is 5.92 Å². The summed E-state index contributed by atoms with van der Waals surface area (Å²) in [4.78, 5) is 22.2. The van der Waals surface area contributed by atoms with Crippen molar-refractivity contribution in [3.8, 4) is 0 Å².